The van der Waals surface area contributed by atoms with Gasteiger partial charge in [0.15, 0.2) is 0 Å². The predicted octanol–water partition coefficient (Wildman–Crippen LogP) is -0.0214. The minimum atomic E-state index is -0.162. The van der Waals surface area contributed by atoms with E-state index in [1.165, 1.54) is 0 Å². The highest BCUT2D eigenvalue weighted by Gasteiger charge is 2.20. The van der Waals surface area contributed by atoms with E-state index < -0.39 is 0 Å². The van der Waals surface area contributed by atoms with Crippen molar-refractivity contribution in [1.29, 1.82) is 0 Å². The minimum absolute atomic E-state index is 0.162. The number of nitrogens with two attached hydrogens (primary N) is 1. The van der Waals surface area contributed by atoms with Gasteiger partial charge in [0.2, 0.25) is 0 Å². The number of nitrogens with zero attached hydrogens (tertiary/aromatic N) is 2. The average Bonchev–Trinajstić information content (AvgIpc) is 2.75. The molecule has 0 aromatic carbocycles. The number of nitrogens with one attached hydrogen (secondary N) is 1. The minimum Gasteiger partial charge on any atom is -0.370 e. The summed E-state index contributed by atoms with van der Waals surface area (Å²) in [5.41, 5.74) is 7.31. The van der Waals surface area contributed by atoms with Gasteiger partial charge in [-0.3, -0.25) is 9.78 Å². The van der Waals surface area contributed by atoms with Crippen molar-refractivity contribution in [2.45, 2.75) is 12.5 Å². The van der Waals surface area contributed by atoms with E-state index in [4.69, 9.17) is 5.73 Å². The van der Waals surface area contributed by atoms with Gasteiger partial charge < -0.3 is 16.0 Å². The van der Waals surface area contributed by atoms with E-state index in [-0.39, 0.29) is 11.9 Å². The highest BCUT2D eigenvalue weighted by molar-refractivity contribution is 5.92. The van der Waals surface area contributed by atoms with Gasteiger partial charge in [-0.15, -0.1) is 0 Å². The third-order valence-electron chi connectivity index (χ3n) is 2.79. The van der Waals surface area contributed by atoms with Crippen molar-refractivity contribution in [2.24, 2.45) is 5.73 Å². The number of aromatic nitrogens is 1. The molecule has 0 aliphatic carbocycles. The summed E-state index contributed by atoms with van der Waals surface area (Å²) in [5, 5.41) is 2.56. The van der Waals surface area contributed by atoms with Crippen LogP contribution < -0.4 is 16.0 Å². The molecule has 0 bridgehead atoms. The summed E-state index contributed by atoms with van der Waals surface area (Å²) >= 11 is 0. The van der Waals surface area contributed by atoms with Gasteiger partial charge in [0.1, 0.15) is 5.69 Å². The molecular formula is C11H16N4O. The Labute approximate surface area is 94.6 Å². The van der Waals surface area contributed by atoms with Gasteiger partial charge in [-0.2, -0.15) is 0 Å². The maximum Gasteiger partial charge on any atom is 0.269 e. The fourth-order valence-electron chi connectivity index (χ4n) is 1.89. The molecule has 86 valence electrons. The van der Waals surface area contributed by atoms with Gasteiger partial charge in [0.05, 0.1) is 0 Å². The van der Waals surface area contributed by atoms with Crippen LogP contribution in [0.5, 0.6) is 0 Å². The summed E-state index contributed by atoms with van der Waals surface area (Å²) in [5.74, 6) is -0.162. The molecule has 16 heavy (non-hydrogen) atoms. The van der Waals surface area contributed by atoms with Gasteiger partial charge in [-0.1, -0.05) is 0 Å². The lowest BCUT2D eigenvalue weighted by Gasteiger charge is -2.18. The number of amides is 1. The Morgan fingerprint density at radius 3 is 3.12 bits per heavy atom. The summed E-state index contributed by atoms with van der Waals surface area (Å²) < 4.78 is 0. The van der Waals surface area contributed by atoms with Crippen molar-refractivity contribution in [1.82, 2.24) is 10.3 Å². The molecule has 1 aromatic heterocycles. The lowest BCUT2D eigenvalue weighted by molar-refractivity contribution is 0.0958. The predicted molar refractivity (Wildman–Crippen MR) is 62.4 cm³/mol. The molecule has 3 N–H and O–H groups in total. The molecule has 0 saturated carbocycles. The number of pyridine rings is 1. The first kappa shape index (κ1) is 10.9. The summed E-state index contributed by atoms with van der Waals surface area (Å²) in [7, 11) is 1.60. The van der Waals surface area contributed by atoms with Crippen LogP contribution in [0.25, 0.3) is 0 Å². The topological polar surface area (TPSA) is 71.2 Å². The van der Waals surface area contributed by atoms with Crippen molar-refractivity contribution in [3.05, 3.63) is 24.0 Å². The van der Waals surface area contributed by atoms with Crippen LogP contribution in [0.1, 0.15) is 16.9 Å². The van der Waals surface area contributed by atoms with Gasteiger partial charge >= 0.3 is 0 Å². The van der Waals surface area contributed by atoms with Crippen molar-refractivity contribution < 1.29 is 4.79 Å². The Bertz CT molecular complexity index is 393. The second-order valence-electron chi connectivity index (χ2n) is 3.97. The van der Waals surface area contributed by atoms with E-state index in [2.05, 4.69) is 15.2 Å². The molecule has 2 rings (SSSR count). The summed E-state index contributed by atoms with van der Waals surface area (Å²) in [6.07, 6.45) is 2.65. The van der Waals surface area contributed by atoms with Crippen LogP contribution in [0, 0.1) is 0 Å². The third kappa shape index (κ3) is 2.14. The van der Waals surface area contributed by atoms with Crippen LogP contribution in [0.4, 0.5) is 5.69 Å². The van der Waals surface area contributed by atoms with E-state index in [1.807, 2.05) is 6.07 Å². The van der Waals surface area contributed by atoms with E-state index in [1.54, 1.807) is 19.3 Å². The number of anilines is 1. The standard InChI is InChI=1S/C11H16N4O/c1-13-11(16)10-6-9(2-4-14-10)15-5-3-8(12)7-15/h2,4,6,8H,3,5,7,12H2,1H3,(H,13,16). The number of rotatable bonds is 2. The van der Waals surface area contributed by atoms with Crippen molar-refractivity contribution in [3.63, 3.8) is 0 Å². The van der Waals surface area contributed by atoms with E-state index >= 15 is 0 Å². The van der Waals surface area contributed by atoms with Crippen LogP contribution in [0.2, 0.25) is 0 Å². The molecular weight excluding hydrogens is 204 g/mol. The maximum absolute atomic E-state index is 11.4. The van der Waals surface area contributed by atoms with Gasteiger partial charge in [0.25, 0.3) is 5.91 Å². The highest BCUT2D eigenvalue weighted by atomic mass is 16.1. The Morgan fingerprint density at radius 2 is 2.50 bits per heavy atom. The molecule has 1 aliphatic rings. The third-order valence-corrected chi connectivity index (χ3v) is 2.79. The molecule has 5 heteroatoms. The Balaban J connectivity index is 2.19. The van der Waals surface area contributed by atoms with Crippen LogP contribution in [0.3, 0.4) is 0 Å². The second-order valence-corrected chi connectivity index (χ2v) is 3.97. The van der Waals surface area contributed by atoms with E-state index in [0.29, 0.717) is 5.69 Å². The van der Waals surface area contributed by atoms with E-state index in [0.717, 1.165) is 25.2 Å². The van der Waals surface area contributed by atoms with Gasteiger partial charge in [-0.25, -0.2) is 0 Å². The molecule has 0 spiro atoms. The smallest absolute Gasteiger partial charge is 0.269 e. The maximum atomic E-state index is 11.4. The molecule has 2 heterocycles. The Kier molecular flexibility index (Phi) is 3.05. The van der Waals surface area contributed by atoms with Crippen molar-refractivity contribution in [2.75, 3.05) is 25.0 Å². The monoisotopic (exact) mass is 220 g/mol. The van der Waals surface area contributed by atoms with Crippen molar-refractivity contribution >= 4 is 11.6 Å². The molecule has 1 fully saturated rings. The number of hydrogen-bond acceptors (Lipinski definition) is 4. The lowest BCUT2D eigenvalue weighted by atomic mass is 10.3. The van der Waals surface area contributed by atoms with Crippen LogP contribution in [-0.2, 0) is 0 Å². The van der Waals surface area contributed by atoms with Crippen molar-refractivity contribution in [3.8, 4) is 0 Å². The van der Waals surface area contributed by atoms with Crippen LogP contribution >= 0.6 is 0 Å². The summed E-state index contributed by atoms with van der Waals surface area (Å²) in [6.45, 7) is 1.79. The van der Waals surface area contributed by atoms with E-state index in [9.17, 15) is 4.79 Å². The first-order chi connectivity index (χ1) is 7.70. The Hall–Kier alpha value is -1.62. The zero-order valence-corrected chi connectivity index (χ0v) is 9.31. The zero-order valence-electron chi connectivity index (χ0n) is 9.31. The number of carbonyl (C=O) groups is 1. The zero-order chi connectivity index (χ0) is 11.5. The molecule has 1 unspecified atom stereocenters. The van der Waals surface area contributed by atoms with Gasteiger partial charge in [0, 0.05) is 38.1 Å². The molecule has 1 aromatic rings. The van der Waals surface area contributed by atoms with Crippen LogP contribution in [-0.4, -0.2) is 37.1 Å². The largest absolute Gasteiger partial charge is 0.370 e. The Morgan fingerprint density at radius 1 is 1.69 bits per heavy atom. The molecule has 0 radical (unpaired) electrons. The summed E-state index contributed by atoms with van der Waals surface area (Å²) in [4.78, 5) is 17.6. The SMILES string of the molecule is CNC(=O)c1cc(N2CCC(N)C2)ccn1. The first-order valence-electron chi connectivity index (χ1n) is 5.39. The quantitative estimate of drug-likeness (QED) is 0.734. The molecule has 1 aliphatic heterocycles. The second kappa shape index (κ2) is 4.49. The molecule has 1 amide bonds. The highest BCUT2D eigenvalue weighted by Crippen LogP contribution is 2.19. The molecule has 1 atom stereocenters. The fourth-order valence-corrected chi connectivity index (χ4v) is 1.89. The number of carbonyl (C=O) groups excluding carboxylic acids is 1. The normalized spacial score (nSPS) is 19.9. The summed E-state index contributed by atoms with van der Waals surface area (Å²) in [6, 6.07) is 3.94. The molecule has 1 saturated heterocycles. The lowest BCUT2D eigenvalue weighted by Crippen LogP contribution is -2.27. The first-order valence-corrected chi connectivity index (χ1v) is 5.39. The van der Waals surface area contributed by atoms with Gasteiger partial charge in [-0.05, 0) is 18.6 Å². The number of hydrogen-bond donors (Lipinski definition) is 2. The van der Waals surface area contributed by atoms with Crippen LogP contribution in [0.15, 0.2) is 18.3 Å². The fraction of sp³-hybridized carbons (Fsp3) is 0.455. The average molecular weight is 220 g/mol. The molecule has 5 nitrogen and oxygen atoms in total.